The van der Waals surface area contributed by atoms with Crippen LogP contribution in [0.1, 0.15) is 47.5 Å². The molecule has 4 heteroatoms. The molecule has 1 rings (SSSR count). The number of rotatable bonds is 2. The third kappa shape index (κ3) is 3.38. The van der Waals surface area contributed by atoms with Gasteiger partial charge in [-0.3, -0.25) is 4.79 Å². The third-order valence-electron chi connectivity index (χ3n) is 4.13. The highest BCUT2D eigenvalue weighted by atomic mass is 32.1. The number of hydrogen-bond acceptors (Lipinski definition) is 3. The zero-order chi connectivity index (χ0) is 13.4. The average molecular weight is 260 g/mol. The third-order valence-corrected chi connectivity index (χ3v) is 4.34. The van der Waals surface area contributed by atoms with Crippen molar-refractivity contribution in [3.8, 4) is 0 Å². The van der Waals surface area contributed by atoms with Gasteiger partial charge in [0.15, 0.2) is 0 Å². The summed E-state index contributed by atoms with van der Waals surface area (Å²) in [5.74, 6) is -0.204. The Morgan fingerprint density at radius 1 is 1.29 bits per heavy atom. The number of esters is 1. The van der Waals surface area contributed by atoms with Crippen molar-refractivity contribution in [3.63, 3.8) is 0 Å². The molecular weight excluding hydrogens is 234 g/mol. The Hall–Kier alpha value is -0.220. The van der Waals surface area contributed by atoms with Crippen LogP contribution in [0.25, 0.3) is 0 Å². The lowest BCUT2D eigenvalue weighted by Gasteiger charge is -2.49. The van der Waals surface area contributed by atoms with Gasteiger partial charge in [0, 0.05) is 12.8 Å². The first kappa shape index (κ1) is 14.8. The number of quaternary nitrogens is 1. The molecule has 0 spiro atoms. The molecular formula is C13H26NO2S+. The van der Waals surface area contributed by atoms with E-state index in [2.05, 4.69) is 47.4 Å². The second-order valence-corrected chi connectivity index (χ2v) is 7.31. The molecule has 1 N–H and O–H groups in total. The Morgan fingerprint density at radius 3 is 2.06 bits per heavy atom. The maximum absolute atomic E-state index is 11.6. The van der Waals surface area contributed by atoms with Crippen LogP contribution >= 0.6 is 12.6 Å². The second-order valence-electron chi connectivity index (χ2n) is 6.54. The van der Waals surface area contributed by atoms with Crippen molar-refractivity contribution in [2.24, 2.45) is 0 Å². The molecule has 0 radical (unpaired) electrons. The van der Waals surface area contributed by atoms with Crippen LogP contribution in [-0.4, -0.2) is 35.4 Å². The minimum Gasteiger partial charge on any atom is -0.461 e. The molecule has 1 atom stereocenters. The lowest BCUT2D eigenvalue weighted by Crippen LogP contribution is -3.24. The van der Waals surface area contributed by atoms with Gasteiger partial charge in [-0.1, -0.05) is 0 Å². The number of piperidine rings is 1. The Balaban J connectivity index is 2.75. The molecule has 0 bridgehead atoms. The van der Waals surface area contributed by atoms with Crippen molar-refractivity contribution in [1.29, 1.82) is 0 Å². The van der Waals surface area contributed by atoms with Crippen LogP contribution in [-0.2, 0) is 9.53 Å². The maximum Gasteiger partial charge on any atom is 0.318 e. The van der Waals surface area contributed by atoms with Gasteiger partial charge in [0.05, 0.1) is 23.4 Å². The van der Waals surface area contributed by atoms with E-state index in [0.29, 0.717) is 0 Å². The number of likely N-dealkylation sites (tertiary alicyclic amines) is 1. The molecule has 0 aromatic carbocycles. The first-order valence-corrected chi connectivity index (χ1v) is 6.81. The Morgan fingerprint density at radius 2 is 1.71 bits per heavy atom. The van der Waals surface area contributed by atoms with Gasteiger partial charge in [-0.2, -0.15) is 12.6 Å². The van der Waals surface area contributed by atoms with Crippen molar-refractivity contribution in [2.75, 3.05) is 7.05 Å². The quantitative estimate of drug-likeness (QED) is 0.575. The Kier molecular flexibility index (Phi) is 4.20. The Bertz CT molecular complexity index is 282. The number of ether oxygens (including phenoxy) is 1. The van der Waals surface area contributed by atoms with Crippen LogP contribution in [0.3, 0.4) is 0 Å². The summed E-state index contributed by atoms with van der Waals surface area (Å²) >= 11 is 4.12. The summed E-state index contributed by atoms with van der Waals surface area (Å²) in [6.45, 7) is 10.7. The molecule has 1 saturated heterocycles. The molecule has 0 aromatic heterocycles. The van der Waals surface area contributed by atoms with E-state index in [1.165, 1.54) is 4.90 Å². The van der Waals surface area contributed by atoms with Crippen LogP contribution in [0.4, 0.5) is 0 Å². The monoisotopic (exact) mass is 260 g/mol. The van der Waals surface area contributed by atoms with Crippen LogP contribution in [0.15, 0.2) is 0 Å². The van der Waals surface area contributed by atoms with E-state index in [-0.39, 0.29) is 28.4 Å². The second kappa shape index (κ2) is 4.81. The molecule has 17 heavy (non-hydrogen) atoms. The molecule has 1 unspecified atom stereocenters. The molecule has 1 fully saturated rings. The van der Waals surface area contributed by atoms with Gasteiger partial charge in [0.25, 0.3) is 0 Å². The Labute approximate surface area is 110 Å². The fourth-order valence-electron chi connectivity index (χ4n) is 2.78. The van der Waals surface area contributed by atoms with Crippen LogP contribution in [0.2, 0.25) is 0 Å². The highest BCUT2D eigenvalue weighted by Crippen LogP contribution is 2.26. The molecule has 1 aliphatic rings. The fourth-order valence-corrected chi connectivity index (χ4v) is 2.84. The van der Waals surface area contributed by atoms with Crippen molar-refractivity contribution in [2.45, 2.75) is 69.9 Å². The van der Waals surface area contributed by atoms with Gasteiger partial charge >= 0.3 is 5.97 Å². The minimum absolute atomic E-state index is 0.0193. The smallest absolute Gasteiger partial charge is 0.318 e. The van der Waals surface area contributed by atoms with E-state index in [1.54, 1.807) is 6.92 Å². The molecule has 3 nitrogen and oxygen atoms in total. The predicted octanol–water partition coefficient (Wildman–Crippen LogP) is 1.08. The van der Waals surface area contributed by atoms with E-state index >= 15 is 0 Å². The van der Waals surface area contributed by atoms with Gasteiger partial charge in [0.2, 0.25) is 0 Å². The number of hydrogen-bond donors (Lipinski definition) is 2. The topological polar surface area (TPSA) is 30.7 Å². The molecule has 0 aromatic rings. The van der Waals surface area contributed by atoms with Gasteiger partial charge < -0.3 is 9.64 Å². The van der Waals surface area contributed by atoms with E-state index in [4.69, 9.17) is 4.74 Å². The van der Waals surface area contributed by atoms with E-state index in [1.807, 2.05) is 0 Å². The lowest BCUT2D eigenvalue weighted by molar-refractivity contribution is -0.983. The number of carbonyl (C=O) groups excluding carboxylic acids is 1. The van der Waals surface area contributed by atoms with Crippen molar-refractivity contribution in [1.82, 2.24) is 0 Å². The summed E-state index contributed by atoms with van der Waals surface area (Å²) in [5, 5.41) is -0.340. The summed E-state index contributed by atoms with van der Waals surface area (Å²) < 4.78 is 5.54. The van der Waals surface area contributed by atoms with Crippen molar-refractivity contribution in [3.05, 3.63) is 0 Å². The number of thiol groups is 1. The zero-order valence-corrected chi connectivity index (χ0v) is 12.7. The van der Waals surface area contributed by atoms with Crippen LogP contribution < -0.4 is 4.90 Å². The van der Waals surface area contributed by atoms with E-state index in [9.17, 15) is 4.79 Å². The highest BCUT2D eigenvalue weighted by Gasteiger charge is 2.48. The van der Waals surface area contributed by atoms with Crippen LogP contribution in [0.5, 0.6) is 0 Å². The van der Waals surface area contributed by atoms with Crippen molar-refractivity contribution < 1.29 is 14.4 Å². The predicted molar refractivity (Wildman–Crippen MR) is 72.6 cm³/mol. The van der Waals surface area contributed by atoms with E-state index in [0.717, 1.165) is 12.8 Å². The first-order chi connectivity index (χ1) is 7.56. The number of carbonyl (C=O) groups is 1. The largest absolute Gasteiger partial charge is 0.461 e. The molecule has 0 amide bonds. The normalized spacial score (nSPS) is 32.9. The summed E-state index contributed by atoms with van der Waals surface area (Å²) in [7, 11) is 2.22. The summed E-state index contributed by atoms with van der Waals surface area (Å²) in [6.07, 6.45) is 1.84. The summed E-state index contributed by atoms with van der Waals surface area (Å²) in [6, 6.07) is 0. The minimum atomic E-state index is -0.340. The van der Waals surface area contributed by atoms with E-state index < -0.39 is 0 Å². The molecule has 1 aliphatic heterocycles. The number of nitrogens with one attached hydrogen (secondary N) is 1. The summed E-state index contributed by atoms with van der Waals surface area (Å²) in [5.41, 5.74) is 0.263. The fraction of sp³-hybridized carbons (Fsp3) is 0.923. The SMILES string of the molecule is CC(S)C(=O)OC1CC(C)(C)[NH+](C)C(C)(C)C1. The zero-order valence-electron chi connectivity index (χ0n) is 11.8. The standard InChI is InChI=1S/C13H25NO2S/c1-9(17)11(15)16-10-7-12(2,3)14(6)13(4,5)8-10/h9-10,17H,7-8H2,1-6H3/p+1. The first-order valence-electron chi connectivity index (χ1n) is 6.29. The van der Waals surface area contributed by atoms with Gasteiger partial charge in [0.1, 0.15) is 6.10 Å². The van der Waals surface area contributed by atoms with Gasteiger partial charge in [-0.25, -0.2) is 0 Å². The van der Waals surface area contributed by atoms with Crippen molar-refractivity contribution >= 4 is 18.6 Å². The van der Waals surface area contributed by atoms with Crippen LogP contribution in [0, 0.1) is 0 Å². The average Bonchev–Trinajstić information content (AvgIpc) is 2.12. The van der Waals surface area contributed by atoms with Gasteiger partial charge in [-0.15, -0.1) is 0 Å². The molecule has 0 aliphatic carbocycles. The molecule has 100 valence electrons. The maximum atomic E-state index is 11.6. The molecule has 1 heterocycles. The molecule has 0 saturated carbocycles. The lowest BCUT2D eigenvalue weighted by atomic mass is 9.79. The highest BCUT2D eigenvalue weighted by molar-refractivity contribution is 7.81. The van der Waals surface area contributed by atoms with Gasteiger partial charge in [-0.05, 0) is 34.6 Å². The summed E-state index contributed by atoms with van der Waals surface area (Å²) in [4.78, 5) is 13.1.